The van der Waals surface area contributed by atoms with Gasteiger partial charge in [-0.2, -0.15) is 0 Å². The van der Waals surface area contributed by atoms with E-state index in [-0.39, 0.29) is 39.8 Å². The molecule has 0 aliphatic rings. The van der Waals surface area contributed by atoms with Gasteiger partial charge in [-0.3, -0.25) is 4.79 Å². The van der Waals surface area contributed by atoms with Crippen molar-refractivity contribution in [3.63, 3.8) is 0 Å². The number of rotatable bonds is 6. The largest absolute Gasteiger partial charge is 0.489 e. The van der Waals surface area contributed by atoms with Crippen LogP contribution in [0, 0.1) is 11.6 Å². The van der Waals surface area contributed by atoms with Crippen LogP contribution < -0.4 is 19.7 Å². The smallest absolute Gasteiger partial charge is 0.221 e. The van der Waals surface area contributed by atoms with E-state index in [0.717, 1.165) is 0 Å². The minimum absolute atomic E-state index is 0.0932. The molecule has 0 saturated carbocycles. The monoisotopic (exact) mass is 552 g/mol. The SMILES string of the molecule is CC(=O)Nc1c(O)cccc1[As](=O)(O)O.CC(=O)Nc1ccc(OCc2cccc(F)c2)cc1F. The van der Waals surface area contributed by atoms with Crippen LogP contribution in [0.2, 0.25) is 0 Å². The molecule has 0 aromatic heterocycles. The van der Waals surface area contributed by atoms with Crippen LogP contribution in [0.3, 0.4) is 0 Å². The van der Waals surface area contributed by atoms with Crippen LogP contribution in [0.1, 0.15) is 19.4 Å². The van der Waals surface area contributed by atoms with Crippen LogP contribution in [-0.4, -0.2) is 39.3 Å². The fourth-order valence-corrected chi connectivity index (χ4v) is 4.30. The van der Waals surface area contributed by atoms with Gasteiger partial charge in [-0.15, -0.1) is 0 Å². The van der Waals surface area contributed by atoms with Crippen molar-refractivity contribution in [3.8, 4) is 11.5 Å². The number of benzene rings is 3. The summed E-state index contributed by atoms with van der Waals surface area (Å²) in [5, 5.41) is 13.9. The van der Waals surface area contributed by atoms with E-state index < -0.39 is 25.9 Å². The van der Waals surface area contributed by atoms with Gasteiger partial charge in [-0.1, -0.05) is 12.1 Å². The van der Waals surface area contributed by atoms with E-state index in [9.17, 15) is 27.2 Å². The van der Waals surface area contributed by atoms with Gasteiger partial charge in [0.05, 0.1) is 5.69 Å². The van der Waals surface area contributed by atoms with Gasteiger partial charge in [-0.05, 0) is 29.8 Å². The van der Waals surface area contributed by atoms with Gasteiger partial charge in [-0.25, -0.2) is 8.78 Å². The van der Waals surface area contributed by atoms with Crippen molar-refractivity contribution < 1.29 is 40.1 Å². The number of carbonyl (C=O) groups is 2. The molecule has 0 spiro atoms. The van der Waals surface area contributed by atoms with Gasteiger partial charge in [0.2, 0.25) is 5.91 Å². The zero-order chi connectivity index (χ0) is 26.2. The van der Waals surface area contributed by atoms with Crippen LogP contribution in [0.4, 0.5) is 20.2 Å². The number of ether oxygens (including phenoxy) is 1. The average Bonchev–Trinajstić information content (AvgIpc) is 2.75. The van der Waals surface area contributed by atoms with Gasteiger partial charge >= 0.3 is 88.1 Å². The Morgan fingerprint density at radius 1 is 0.943 bits per heavy atom. The van der Waals surface area contributed by atoms with E-state index in [1.165, 1.54) is 62.4 Å². The minimum atomic E-state index is -5.14. The van der Waals surface area contributed by atoms with Gasteiger partial charge in [0.15, 0.2) is 0 Å². The first-order valence-electron chi connectivity index (χ1n) is 9.97. The zero-order valence-electron chi connectivity index (χ0n) is 18.7. The normalized spacial score (nSPS) is 10.6. The Labute approximate surface area is 202 Å². The molecule has 0 unspecified atom stereocenters. The number of aromatic hydroxyl groups is 1. The van der Waals surface area contributed by atoms with Gasteiger partial charge in [0.25, 0.3) is 0 Å². The maximum absolute atomic E-state index is 13.6. The fourth-order valence-electron chi connectivity index (χ4n) is 2.75. The molecule has 0 saturated heterocycles. The van der Waals surface area contributed by atoms with Crippen molar-refractivity contribution >= 4 is 41.7 Å². The molecule has 3 aromatic rings. The molecule has 0 heterocycles. The number of nitrogens with one attached hydrogen (secondary N) is 2. The van der Waals surface area contributed by atoms with Gasteiger partial charge < -0.3 is 10.1 Å². The minimum Gasteiger partial charge on any atom is -0.489 e. The molecule has 12 heteroatoms. The molecule has 3 aromatic carbocycles. The van der Waals surface area contributed by atoms with Crippen LogP contribution in [-0.2, 0) is 19.9 Å². The average molecular weight is 552 g/mol. The molecule has 0 fully saturated rings. The van der Waals surface area contributed by atoms with E-state index in [2.05, 4.69) is 10.6 Å². The molecule has 9 nitrogen and oxygen atoms in total. The van der Waals surface area contributed by atoms with E-state index in [4.69, 9.17) is 12.9 Å². The second kappa shape index (κ2) is 12.2. The summed E-state index contributed by atoms with van der Waals surface area (Å²) in [6.45, 7) is 2.62. The number of anilines is 2. The molecule has 3 rings (SSSR count). The summed E-state index contributed by atoms with van der Waals surface area (Å²) in [5.41, 5.74) is 0.518. The third-order valence-electron chi connectivity index (χ3n) is 4.18. The van der Waals surface area contributed by atoms with E-state index in [0.29, 0.717) is 11.3 Å². The summed E-state index contributed by atoms with van der Waals surface area (Å²) < 4.78 is 60.8. The number of carbonyl (C=O) groups excluding carboxylic acids is 2. The first kappa shape index (κ1) is 27.6. The molecule has 0 radical (unpaired) electrons. The number of phenols is 1. The number of para-hydroxylation sites is 1. The second-order valence-electron chi connectivity index (χ2n) is 7.14. The Bertz CT molecular complexity index is 1260. The summed E-state index contributed by atoms with van der Waals surface area (Å²) in [7, 11) is 0. The number of hydrogen-bond acceptors (Lipinski definition) is 5. The predicted octanol–water partition coefficient (Wildman–Crippen LogP) is 2.41. The third kappa shape index (κ3) is 8.89. The van der Waals surface area contributed by atoms with Crippen molar-refractivity contribution in [1.82, 2.24) is 0 Å². The molecule has 0 aliphatic carbocycles. The van der Waals surface area contributed by atoms with Crippen LogP contribution in [0.5, 0.6) is 11.5 Å². The fraction of sp³-hybridized carbons (Fsp3) is 0.130. The molecule has 2 amide bonds. The molecule has 0 bridgehead atoms. The number of halogens is 2. The molecule has 0 atom stereocenters. The molecule has 35 heavy (non-hydrogen) atoms. The van der Waals surface area contributed by atoms with E-state index in [1.807, 2.05) is 0 Å². The topological polar surface area (TPSA) is 145 Å². The summed E-state index contributed by atoms with van der Waals surface area (Å²) in [5.74, 6) is -1.86. The Morgan fingerprint density at radius 2 is 1.60 bits per heavy atom. The predicted molar refractivity (Wildman–Crippen MR) is 124 cm³/mol. The summed E-state index contributed by atoms with van der Waals surface area (Å²) in [6, 6.07) is 13.8. The summed E-state index contributed by atoms with van der Waals surface area (Å²) in [6.07, 6.45) is 0. The second-order valence-corrected chi connectivity index (χ2v) is 10.4. The first-order chi connectivity index (χ1) is 16.4. The van der Waals surface area contributed by atoms with Crippen molar-refractivity contribution in [2.45, 2.75) is 20.5 Å². The number of phenolic OH excluding ortho intramolecular Hbond substituents is 1. The summed E-state index contributed by atoms with van der Waals surface area (Å²) in [4.78, 5) is 21.6. The van der Waals surface area contributed by atoms with Crippen molar-refractivity contribution in [3.05, 3.63) is 77.9 Å². The Balaban J connectivity index is 0.000000258. The molecule has 0 aliphatic heterocycles. The van der Waals surface area contributed by atoms with Gasteiger partial charge in [0.1, 0.15) is 24.0 Å². The Kier molecular flexibility index (Phi) is 9.58. The maximum Gasteiger partial charge on any atom is 0.221 e. The van der Waals surface area contributed by atoms with Gasteiger partial charge in [0, 0.05) is 13.0 Å². The molecule has 186 valence electrons. The standard InChI is InChI=1S/C15H13F2NO2.C8H10AsNO5/c1-10(19)18-15-6-5-13(8-14(15)17)20-9-11-3-2-4-12(16)7-11;1-5(11)10-8-6(9(13,14)15)3-2-4-7(8)12/h2-8H,9H2,1H3,(H,18,19);2-4,12H,1H3,(H,10,11)(H2,13,14,15). The Hall–Kier alpha value is -3.66. The number of hydrogen-bond donors (Lipinski definition) is 5. The molecular weight excluding hydrogens is 529 g/mol. The van der Waals surface area contributed by atoms with Crippen molar-refractivity contribution in [2.75, 3.05) is 10.6 Å². The molecular formula is C23H23AsF2N2O7. The van der Waals surface area contributed by atoms with Crippen LogP contribution >= 0.6 is 0 Å². The van der Waals surface area contributed by atoms with Crippen LogP contribution in [0.15, 0.2) is 60.7 Å². The van der Waals surface area contributed by atoms with Crippen LogP contribution in [0.25, 0.3) is 0 Å². The third-order valence-corrected chi connectivity index (χ3v) is 6.28. The first-order valence-corrected chi connectivity index (χ1v) is 13.3. The summed E-state index contributed by atoms with van der Waals surface area (Å²) >= 11 is -5.14. The van der Waals surface area contributed by atoms with Crippen molar-refractivity contribution in [1.29, 1.82) is 0 Å². The van der Waals surface area contributed by atoms with E-state index >= 15 is 0 Å². The molecule has 5 N–H and O–H groups in total. The zero-order valence-corrected chi connectivity index (χ0v) is 20.5. The number of amides is 2. The maximum atomic E-state index is 13.6. The van der Waals surface area contributed by atoms with Crippen molar-refractivity contribution in [2.24, 2.45) is 0 Å². The quantitative estimate of drug-likeness (QED) is 0.233. The van der Waals surface area contributed by atoms with E-state index in [1.54, 1.807) is 12.1 Å². The Morgan fingerprint density at radius 3 is 2.17 bits per heavy atom.